The smallest absolute Gasteiger partial charge is 0.341 e. The SMILES string of the molecule is CCN(CC)Sc1ccc2cc(OC)c(C(=O)OC)cc2c1. The summed E-state index contributed by atoms with van der Waals surface area (Å²) in [6, 6.07) is 9.91. The molecular formula is C17H21NO3S. The Labute approximate surface area is 135 Å². The van der Waals surface area contributed by atoms with Crippen molar-refractivity contribution in [2.24, 2.45) is 0 Å². The van der Waals surface area contributed by atoms with E-state index in [1.807, 2.05) is 18.2 Å². The first kappa shape index (κ1) is 16.6. The minimum atomic E-state index is -0.388. The van der Waals surface area contributed by atoms with Crippen molar-refractivity contribution in [3.63, 3.8) is 0 Å². The molecule has 0 bridgehead atoms. The van der Waals surface area contributed by atoms with Crippen LogP contribution in [0.3, 0.4) is 0 Å². The number of hydrogen-bond acceptors (Lipinski definition) is 5. The molecule has 0 fully saturated rings. The summed E-state index contributed by atoms with van der Waals surface area (Å²) in [5.41, 5.74) is 0.447. The number of rotatable bonds is 6. The van der Waals surface area contributed by atoms with Crippen LogP contribution in [0.1, 0.15) is 24.2 Å². The second-order valence-electron chi connectivity index (χ2n) is 4.76. The lowest BCUT2D eigenvalue weighted by molar-refractivity contribution is 0.0597. The molecule has 118 valence electrons. The molecule has 0 saturated carbocycles. The highest BCUT2D eigenvalue weighted by molar-refractivity contribution is 7.97. The van der Waals surface area contributed by atoms with Crippen LogP contribution in [-0.2, 0) is 4.74 Å². The fourth-order valence-electron chi connectivity index (χ4n) is 2.25. The average molecular weight is 319 g/mol. The van der Waals surface area contributed by atoms with E-state index < -0.39 is 0 Å². The highest BCUT2D eigenvalue weighted by atomic mass is 32.2. The van der Waals surface area contributed by atoms with Gasteiger partial charge in [-0.25, -0.2) is 9.10 Å². The molecule has 22 heavy (non-hydrogen) atoms. The molecule has 0 saturated heterocycles. The second-order valence-corrected chi connectivity index (χ2v) is 5.93. The lowest BCUT2D eigenvalue weighted by Gasteiger charge is -2.17. The van der Waals surface area contributed by atoms with Gasteiger partial charge in [-0.1, -0.05) is 19.9 Å². The van der Waals surface area contributed by atoms with E-state index in [0.29, 0.717) is 11.3 Å². The third-order valence-electron chi connectivity index (χ3n) is 3.48. The molecule has 0 atom stereocenters. The fraction of sp³-hybridized carbons (Fsp3) is 0.353. The standard InChI is InChI=1S/C17H21NO3S/c1-5-18(6-2)22-14-8-7-12-11-16(20-3)15(17(19)21-4)10-13(12)9-14/h7-11H,5-6H2,1-4H3. The predicted molar refractivity (Wildman–Crippen MR) is 90.6 cm³/mol. The van der Waals surface area contributed by atoms with Gasteiger partial charge in [0, 0.05) is 18.0 Å². The maximum atomic E-state index is 11.9. The summed E-state index contributed by atoms with van der Waals surface area (Å²) in [7, 11) is 2.93. The summed E-state index contributed by atoms with van der Waals surface area (Å²) in [5, 5.41) is 2.03. The Hall–Kier alpha value is -1.72. The number of fused-ring (bicyclic) bond motifs is 1. The van der Waals surface area contributed by atoms with Gasteiger partial charge in [0.25, 0.3) is 0 Å². The van der Waals surface area contributed by atoms with Crippen molar-refractivity contribution in [1.29, 1.82) is 0 Å². The molecule has 0 spiro atoms. The van der Waals surface area contributed by atoms with Gasteiger partial charge in [0.1, 0.15) is 11.3 Å². The highest BCUT2D eigenvalue weighted by Gasteiger charge is 2.14. The summed E-state index contributed by atoms with van der Waals surface area (Å²) in [6.07, 6.45) is 0. The van der Waals surface area contributed by atoms with Gasteiger partial charge in [-0.2, -0.15) is 0 Å². The Morgan fingerprint density at radius 1 is 1.09 bits per heavy atom. The topological polar surface area (TPSA) is 38.8 Å². The van der Waals surface area contributed by atoms with Crippen LogP contribution in [0.2, 0.25) is 0 Å². The van der Waals surface area contributed by atoms with Crippen molar-refractivity contribution in [2.45, 2.75) is 18.7 Å². The summed E-state index contributed by atoms with van der Waals surface area (Å²) < 4.78 is 12.4. The van der Waals surface area contributed by atoms with Crippen molar-refractivity contribution in [2.75, 3.05) is 27.3 Å². The third-order valence-corrected chi connectivity index (χ3v) is 4.71. The van der Waals surface area contributed by atoms with E-state index in [2.05, 4.69) is 30.3 Å². The molecule has 2 rings (SSSR count). The number of hydrogen-bond donors (Lipinski definition) is 0. The summed E-state index contributed by atoms with van der Waals surface area (Å²) >= 11 is 1.72. The molecule has 0 heterocycles. The zero-order valence-electron chi connectivity index (χ0n) is 13.4. The molecule has 2 aromatic carbocycles. The van der Waals surface area contributed by atoms with Crippen LogP contribution < -0.4 is 4.74 Å². The van der Waals surface area contributed by atoms with Crippen molar-refractivity contribution >= 4 is 28.7 Å². The van der Waals surface area contributed by atoms with Gasteiger partial charge >= 0.3 is 5.97 Å². The van der Waals surface area contributed by atoms with Crippen molar-refractivity contribution in [3.05, 3.63) is 35.9 Å². The van der Waals surface area contributed by atoms with Crippen molar-refractivity contribution in [3.8, 4) is 5.75 Å². The Morgan fingerprint density at radius 2 is 1.82 bits per heavy atom. The zero-order chi connectivity index (χ0) is 16.1. The highest BCUT2D eigenvalue weighted by Crippen LogP contribution is 2.31. The minimum absolute atomic E-state index is 0.388. The van der Waals surface area contributed by atoms with Gasteiger partial charge in [-0.15, -0.1) is 0 Å². The molecule has 0 amide bonds. The molecule has 5 heteroatoms. The number of carbonyl (C=O) groups excluding carboxylic acids is 1. The average Bonchev–Trinajstić information content (AvgIpc) is 2.57. The van der Waals surface area contributed by atoms with Crippen molar-refractivity contribution in [1.82, 2.24) is 4.31 Å². The lowest BCUT2D eigenvalue weighted by Crippen LogP contribution is -2.13. The number of carbonyl (C=O) groups is 1. The van der Waals surface area contributed by atoms with Gasteiger partial charge in [0.2, 0.25) is 0 Å². The van der Waals surface area contributed by atoms with E-state index in [1.165, 1.54) is 7.11 Å². The van der Waals surface area contributed by atoms with Crippen LogP contribution in [0.5, 0.6) is 5.75 Å². The number of ether oxygens (including phenoxy) is 2. The van der Waals surface area contributed by atoms with Crippen LogP contribution in [0.25, 0.3) is 10.8 Å². The van der Waals surface area contributed by atoms with E-state index in [1.54, 1.807) is 19.1 Å². The first-order valence-corrected chi connectivity index (χ1v) is 8.03. The number of benzene rings is 2. The molecule has 0 radical (unpaired) electrons. The first-order chi connectivity index (χ1) is 10.6. The molecule has 0 N–H and O–H groups in total. The predicted octanol–water partition coefficient (Wildman–Crippen LogP) is 3.98. The van der Waals surface area contributed by atoms with Crippen LogP contribution in [0, 0.1) is 0 Å². The first-order valence-electron chi connectivity index (χ1n) is 7.25. The number of esters is 1. The molecule has 0 aliphatic heterocycles. The van der Waals surface area contributed by atoms with Crippen LogP contribution in [0.4, 0.5) is 0 Å². The maximum Gasteiger partial charge on any atom is 0.341 e. The Balaban J connectivity index is 2.45. The van der Waals surface area contributed by atoms with Gasteiger partial charge in [0.15, 0.2) is 0 Å². The largest absolute Gasteiger partial charge is 0.496 e. The van der Waals surface area contributed by atoms with Crippen LogP contribution in [0.15, 0.2) is 35.2 Å². The Kier molecular flexibility index (Phi) is 5.69. The molecule has 0 aliphatic rings. The van der Waals surface area contributed by atoms with E-state index in [-0.39, 0.29) is 5.97 Å². The molecule has 0 aliphatic carbocycles. The molecular weight excluding hydrogens is 298 g/mol. The summed E-state index contributed by atoms with van der Waals surface area (Å²) in [4.78, 5) is 13.0. The third kappa shape index (κ3) is 3.54. The van der Waals surface area contributed by atoms with Gasteiger partial charge in [-0.3, -0.25) is 0 Å². The number of methoxy groups -OCH3 is 2. The molecule has 2 aromatic rings. The van der Waals surface area contributed by atoms with Gasteiger partial charge < -0.3 is 9.47 Å². The molecule has 4 nitrogen and oxygen atoms in total. The van der Waals surface area contributed by atoms with Crippen molar-refractivity contribution < 1.29 is 14.3 Å². The number of nitrogens with zero attached hydrogens (tertiary/aromatic N) is 1. The van der Waals surface area contributed by atoms with E-state index in [4.69, 9.17) is 9.47 Å². The zero-order valence-corrected chi connectivity index (χ0v) is 14.2. The Morgan fingerprint density at radius 3 is 2.41 bits per heavy atom. The maximum absolute atomic E-state index is 11.9. The van der Waals surface area contributed by atoms with Crippen LogP contribution >= 0.6 is 11.9 Å². The van der Waals surface area contributed by atoms with Gasteiger partial charge in [0.05, 0.1) is 14.2 Å². The molecule has 0 unspecified atom stereocenters. The summed E-state index contributed by atoms with van der Waals surface area (Å²) in [6.45, 7) is 6.24. The lowest BCUT2D eigenvalue weighted by atomic mass is 10.1. The van der Waals surface area contributed by atoms with E-state index in [0.717, 1.165) is 28.8 Å². The van der Waals surface area contributed by atoms with Crippen LogP contribution in [-0.4, -0.2) is 37.6 Å². The Bertz CT molecular complexity index is 668. The van der Waals surface area contributed by atoms with E-state index in [9.17, 15) is 4.79 Å². The monoisotopic (exact) mass is 319 g/mol. The normalized spacial score (nSPS) is 11.0. The molecule has 0 aromatic heterocycles. The quantitative estimate of drug-likeness (QED) is 0.595. The second kappa shape index (κ2) is 7.51. The minimum Gasteiger partial charge on any atom is -0.496 e. The van der Waals surface area contributed by atoms with E-state index >= 15 is 0 Å². The fourth-order valence-corrected chi connectivity index (χ4v) is 3.12. The van der Waals surface area contributed by atoms with Gasteiger partial charge in [-0.05, 0) is 47.0 Å². The summed E-state index contributed by atoms with van der Waals surface area (Å²) in [5.74, 6) is 0.143.